The fourth-order valence-electron chi connectivity index (χ4n) is 2.80. The maximum Gasteiger partial charge on any atom is 0.274 e. The van der Waals surface area contributed by atoms with E-state index in [-0.39, 0.29) is 33.7 Å². The Hall–Kier alpha value is -2.89. The fourth-order valence-corrected chi connectivity index (χ4v) is 3.14. The lowest BCUT2D eigenvalue weighted by atomic mass is 10.1. The number of carbonyl (C=O) groups excluding carboxylic acids is 2. The molecule has 148 valence electrons. The van der Waals surface area contributed by atoms with Crippen molar-refractivity contribution in [1.29, 1.82) is 0 Å². The van der Waals surface area contributed by atoms with Gasteiger partial charge in [-0.05, 0) is 48.9 Å². The van der Waals surface area contributed by atoms with Crippen molar-refractivity contribution in [2.24, 2.45) is 0 Å². The van der Waals surface area contributed by atoms with Gasteiger partial charge in [0.2, 0.25) is 0 Å². The Kier molecular flexibility index (Phi) is 6.52. The van der Waals surface area contributed by atoms with E-state index in [0.717, 1.165) is 5.56 Å². The molecule has 3 aromatic rings. The standard InChI is InChI=1S/C22H19Cl2N3O2/c1-14(27(2)22(29)20-18(23)11-12-19(24)26-20)16-9-6-10-17(13-16)25-21(28)15-7-4-3-5-8-15/h3-14H,1-2H3,(H,25,28)/t14-/m1/s1. The maximum atomic E-state index is 12.8. The van der Waals surface area contributed by atoms with Crippen LogP contribution in [0.15, 0.2) is 66.7 Å². The van der Waals surface area contributed by atoms with Crippen LogP contribution >= 0.6 is 23.2 Å². The van der Waals surface area contributed by atoms with Gasteiger partial charge in [0, 0.05) is 18.3 Å². The Morgan fingerprint density at radius 2 is 1.72 bits per heavy atom. The number of aromatic nitrogens is 1. The Balaban J connectivity index is 1.78. The van der Waals surface area contributed by atoms with Crippen molar-refractivity contribution in [3.8, 4) is 0 Å². The lowest BCUT2D eigenvalue weighted by molar-refractivity contribution is 0.0736. The largest absolute Gasteiger partial charge is 0.334 e. The average Bonchev–Trinajstić information content (AvgIpc) is 2.74. The third-order valence-corrected chi connectivity index (χ3v) is 5.09. The van der Waals surface area contributed by atoms with Crippen molar-refractivity contribution in [3.63, 3.8) is 0 Å². The van der Waals surface area contributed by atoms with Gasteiger partial charge in [0.05, 0.1) is 11.1 Å². The van der Waals surface area contributed by atoms with Gasteiger partial charge in [0.15, 0.2) is 0 Å². The van der Waals surface area contributed by atoms with Crippen molar-refractivity contribution >= 4 is 40.7 Å². The van der Waals surface area contributed by atoms with Gasteiger partial charge in [-0.1, -0.05) is 53.5 Å². The van der Waals surface area contributed by atoms with E-state index in [2.05, 4.69) is 10.3 Å². The van der Waals surface area contributed by atoms with Gasteiger partial charge in [-0.15, -0.1) is 0 Å². The molecule has 0 radical (unpaired) electrons. The number of nitrogens with one attached hydrogen (secondary N) is 1. The highest BCUT2D eigenvalue weighted by molar-refractivity contribution is 6.34. The van der Waals surface area contributed by atoms with Crippen LogP contribution in [0.3, 0.4) is 0 Å². The number of pyridine rings is 1. The predicted molar refractivity (Wildman–Crippen MR) is 116 cm³/mol. The predicted octanol–water partition coefficient (Wildman–Crippen LogP) is 5.47. The first-order valence-electron chi connectivity index (χ1n) is 8.92. The van der Waals surface area contributed by atoms with Crippen molar-refractivity contribution in [2.75, 3.05) is 12.4 Å². The van der Waals surface area contributed by atoms with Gasteiger partial charge in [0.1, 0.15) is 10.8 Å². The first-order chi connectivity index (χ1) is 13.9. The van der Waals surface area contributed by atoms with Gasteiger partial charge >= 0.3 is 0 Å². The van der Waals surface area contributed by atoms with Gasteiger partial charge in [-0.3, -0.25) is 9.59 Å². The molecule has 0 unspecified atom stereocenters. The SMILES string of the molecule is C[C@H](c1cccc(NC(=O)c2ccccc2)c1)N(C)C(=O)c1nc(Cl)ccc1Cl. The summed E-state index contributed by atoms with van der Waals surface area (Å²) in [6.45, 7) is 1.88. The second-order valence-corrected chi connectivity index (χ2v) is 7.30. The highest BCUT2D eigenvalue weighted by atomic mass is 35.5. The minimum atomic E-state index is -0.344. The molecule has 5 nitrogen and oxygen atoms in total. The Bertz CT molecular complexity index is 1040. The highest BCUT2D eigenvalue weighted by Crippen LogP contribution is 2.26. The number of benzene rings is 2. The molecule has 1 heterocycles. The molecule has 0 fully saturated rings. The number of hydrogen-bond acceptors (Lipinski definition) is 3. The van der Waals surface area contributed by atoms with Crippen LogP contribution in [0, 0.1) is 0 Å². The third kappa shape index (κ3) is 4.94. The molecule has 0 bridgehead atoms. The van der Waals surface area contributed by atoms with Crippen LogP contribution in [-0.4, -0.2) is 28.7 Å². The number of nitrogens with zero attached hydrogens (tertiary/aromatic N) is 2. The number of carbonyl (C=O) groups is 2. The minimum Gasteiger partial charge on any atom is -0.334 e. The normalized spacial score (nSPS) is 11.6. The van der Waals surface area contributed by atoms with Gasteiger partial charge in [-0.2, -0.15) is 0 Å². The van der Waals surface area contributed by atoms with E-state index in [9.17, 15) is 9.59 Å². The van der Waals surface area contributed by atoms with E-state index in [4.69, 9.17) is 23.2 Å². The van der Waals surface area contributed by atoms with Crippen molar-refractivity contribution in [2.45, 2.75) is 13.0 Å². The molecule has 0 aliphatic heterocycles. The monoisotopic (exact) mass is 427 g/mol. The van der Waals surface area contributed by atoms with Crippen molar-refractivity contribution in [1.82, 2.24) is 9.88 Å². The van der Waals surface area contributed by atoms with Crippen LogP contribution < -0.4 is 5.32 Å². The number of halogens is 2. The van der Waals surface area contributed by atoms with Gasteiger partial charge < -0.3 is 10.2 Å². The van der Waals surface area contributed by atoms with E-state index in [1.807, 2.05) is 43.3 Å². The van der Waals surface area contributed by atoms with Crippen LogP contribution in [0.5, 0.6) is 0 Å². The average molecular weight is 428 g/mol. The molecule has 0 saturated heterocycles. The number of anilines is 1. The molecule has 0 spiro atoms. The topological polar surface area (TPSA) is 62.3 Å². The van der Waals surface area contributed by atoms with Crippen molar-refractivity contribution < 1.29 is 9.59 Å². The molecule has 1 aromatic heterocycles. The highest BCUT2D eigenvalue weighted by Gasteiger charge is 2.23. The van der Waals surface area contributed by atoms with Gasteiger partial charge in [-0.25, -0.2) is 4.98 Å². The lowest BCUT2D eigenvalue weighted by Gasteiger charge is -2.26. The maximum absolute atomic E-state index is 12.8. The summed E-state index contributed by atoms with van der Waals surface area (Å²) < 4.78 is 0. The van der Waals surface area contributed by atoms with Crippen LogP contribution in [0.25, 0.3) is 0 Å². The molecule has 3 rings (SSSR count). The molecule has 7 heteroatoms. The second-order valence-electron chi connectivity index (χ2n) is 6.50. The summed E-state index contributed by atoms with van der Waals surface area (Å²) in [6.07, 6.45) is 0. The summed E-state index contributed by atoms with van der Waals surface area (Å²) in [4.78, 5) is 30.8. The molecule has 0 aliphatic carbocycles. The van der Waals surface area contributed by atoms with Crippen LogP contribution in [-0.2, 0) is 0 Å². The van der Waals surface area contributed by atoms with Crippen LogP contribution in [0.1, 0.15) is 39.4 Å². The van der Waals surface area contributed by atoms with Crippen LogP contribution in [0.2, 0.25) is 10.2 Å². The molecular formula is C22H19Cl2N3O2. The zero-order valence-corrected chi connectivity index (χ0v) is 17.4. The summed E-state index contributed by atoms with van der Waals surface area (Å²) in [7, 11) is 1.67. The van der Waals surface area contributed by atoms with E-state index in [1.54, 1.807) is 31.3 Å². The summed E-state index contributed by atoms with van der Waals surface area (Å²) in [6, 6.07) is 19.1. The summed E-state index contributed by atoms with van der Waals surface area (Å²) >= 11 is 12.0. The number of hydrogen-bond donors (Lipinski definition) is 1. The smallest absolute Gasteiger partial charge is 0.274 e. The van der Waals surface area contributed by atoms with E-state index >= 15 is 0 Å². The molecule has 0 saturated carbocycles. The number of rotatable bonds is 5. The minimum absolute atomic E-state index is 0.0991. The molecule has 1 atom stereocenters. The quantitative estimate of drug-likeness (QED) is 0.548. The fraction of sp³-hybridized carbons (Fsp3) is 0.136. The van der Waals surface area contributed by atoms with Gasteiger partial charge in [0.25, 0.3) is 11.8 Å². The summed E-state index contributed by atoms with van der Waals surface area (Å²) in [5, 5.41) is 3.31. The van der Waals surface area contributed by atoms with E-state index in [1.165, 1.54) is 11.0 Å². The molecular weight excluding hydrogens is 409 g/mol. The third-order valence-electron chi connectivity index (χ3n) is 4.58. The van der Waals surface area contributed by atoms with E-state index in [0.29, 0.717) is 11.3 Å². The Morgan fingerprint density at radius 1 is 1.00 bits per heavy atom. The second kappa shape index (κ2) is 9.07. The molecule has 2 aromatic carbocycles. The van der Waals surface area contributed by atoms with E-state index < -0.39 is 0 Å². The molecule has 0 aliphatic rings. The Labute approximate surface area is 179 Å². The molecule has 29 heavy (non-hydrogen) atoms. The number of amides is 2. The van der Waals surface area contributed by atoms with Crippen LogP contribution in [0.4, 0.5) is 5.69 Å². The first kappa shape index (κ1) is 20.8. The first-order valence-corrected chi connectivity index (χ1v) is 9.68. The molecule has 2 amide bonds. The molecule has 1 N–H and O–H groups in total. The lowest BCUT2D eigenvalue weighted by Crippen LogP contribution is -2.30. The zero-order chi connectivity index (χ0) is 21.0. The summed E-state index contributed by atoms with van der Waals surface area (Å²) in [5.41, 5.74) is 2.16. The Morgan fingerprint density at radius 3 is 2.45 bits per heavy atom. The van der Waals surface area contributed by atoms with Crippen molar-refractivity contribution in [3.05, 3.63) is 93.7 Å². The zero-order valence-electron chi connectivity index (χ0n) is 15.9. The summed E-state index contributed by atoms with van der Waals surface area (Å²) in [5.74, 6) is -0.543.